The van der Waals surface area contributed by atoms with Gasteiger partial charge in [-0.2, -0.15) is 11.8 Å². The Kier molecular flexibility index (Phi) is 3.30. The Morgan fingerprint density at radius 3 is 3.06 bits per heavy atom. The Morgan fingerprint density at radius 1 is 1.29 bits per heavy atom. The monoisotopic (exact) mass is 249 g/mol. The summed E-state index contributed by atoms with van der Waals surface area (Å²) in [6, 6.07) is 7.27. The summed E-state index contributed by atoms with van der Waals surface area (Å²) in [5.41, 5.74) is 3.96. The van der Waals surface area contributed by atoms with Crippen molar-refractivity contribution in [1.82, 2.24) is 0 Å². The molecule has 0 spiro atoms. The lowest BCUT2D eigenvalue weighted by Gasteiger charge is -2.30. The molecule has 0 aliphatic carbocycles. The smallest absolute Gasteiger partial charge is 0.0725 e. The molecule has 2 aliphatic rings. The van der Waals surface area contributed by atoms with Crippen LogP contribution in [-0.4, -0.2) is 17.0 Å². The van der Waals surface area contributed by atoms with Gasteiger partial charge >= 0.3 is 0 Å². The van der Waals surface area contributed by atoms with E-state index >= 15 is 0 Å². The van der Waals surface area contributed by atoms with E-state index < -0.39 is 0 Å². The average molecular weight is 249 g/mol. The highest BCUT2D eigenvalue weighted by Crippen LogP contribution is 2.29. The molecule has 1 N–H and O–H groups in total. The number of fused-ring (bicyclic) bond motifs is 1. The van der Waals surface area contributed by atoms with Gasteiger partial charge in [0.25, 0.3) is 0 Å². The molecule has 92 valence electrons. The van der Waals surface area contributed by atoms with Gasteiger partial charge in [-0.1, -0.05) is 13.0 Å². The molecule has 0 amide bonds. The van der Waals surface area contributed by atoms with Crippen LogP contribution in [0, 0.1) is 0 Å². The van der Waals surface area contributed by atoms with Crippen LogP contribution >= 0.6 is 11.8 Å². The lowest BCUT2D eigenvalue weighted by molar-refractivity contribution is 0.134. The number of nitrogens with one attached hydrogen (secondary N) is 1. The van der Waals surface area contributed by atoms with E-state index in [4.69, 9.17) is 4.74 Å². The zero-order valence-electron chi connectivity index (χ0n) is 10.2. The van der Waals surface area contributed by atoms with Gasteiger partial charge in [0, 0.05) is 17.0 Å². The molecule has 1 saturated heterocycles. The van der Waals surface area contributed by atoms with Crippen molar-refractivity contribution >= 4 is 17.4 Å². The van der Waals surface area contributed by atoms with Gasteiger partial charge in [-0.05, 0) is 41.9 Å². The fraction of sp³-hybridized carbons (Fsp3) is 0.571. The summed E-state index contributed by atoms with van der Waals surface area (Å²) in [5, 5.41) is 4.40. The molecule has 3 rings (SSSR count). The summed E-state index contributed by atoms with van der Waals surface area (Å²) in [7, 11) is 0. The summed E-state index contributed by atoms with van der Waals surface area (Å²) < 4.78 is 5.45. The van der Waals surface area contributed by atoms with Crippen LogP contribution in [0.1, 0.15) is 30.9 Å². The SMILES string of the molecule is CC1SCCCC1Nc1ccc2c(c1)COC2. The van der Waals surface area contributed by atoms with E-state index in [-0.39, 0.29) is 0 Å². The Balaban J connectivity index is 1.72. The molecule has 17 heavy (non-hydrogen) atoms. The predicted octanol–water partition coefficient (Wildman–Crippen LogP) is 3.41. The normalized spacial score (nSPS) is 27.8. The number of hydrogen-bond donors (Lipinski definition) is 1. The Morgan fingerprint density at radius 2 is 2.18 bits per heavy atom. The molecule has 1 aromatic rings. The van der Waals surface area contributed by atoms with Gasteiger partial charge in [-0.25, -0.2) is 0 Å². The van der Waals surface area contributed by atoms with Crippen LogP contribution in [0.4, 0.5) is 5.69 Å². The molecule has 2 nitrogen and oxygen atoms in total. The molecular weight excluding hydrogens is 230 g/mol. The molecule has 0 bridgehead atoms. The minimum Gasteiger partial charge on any atom is -0.381 e. The maximum absolute atomic E-state index is 5.45. The zero-order valence-corrected chi connectivity index (χ0v) is 11.1. The van der Waals surface area contributed by atoms with Crippen LogP contribution in [0.15, 0.2) is 18.2 Å². The average Bonchev–Trinajstić information content (AvgIpc) is 2.79. The highest BCUT2D eigenvalue weighted by molar-refractivity contribution is 8.00. The number of thioether (sulfide) groups is 1. The van der Waals surface area contributed by atoms with Crippen molar-refractivity contribution in [3.05, 3.63) is 29.3 Å². The second-order valence-corrected chi connectivity index (χ2v) is 6.43. The molecule has 2 atom stereocenters. The third kappa shape index (κ3) is 2.45. The lowest BCUT2D eigenvalue weighted by atomic mass is 10.1. The number of ether oxygens (including phenoxy) is 1. The maximum Gasteiger partial charge on any atom is 0.0725 e. The third-order valence-electron chi connectivity index (χ3n) is 3.68. The Hall–Kier alpha value is -0.670. The topological polar surface area (TPSA) is 21.3 Å². The van der Waals surface area contributed by atoms with E-state index in [0.717, 1.165) is 13.2 Å². The molecular formula is C14H19NOS. The van der Waals surface area contributed by atoms with Gasteiger partial charge in [0.2, 0.25) is 0 Å². The molecule has 0 radical (unpaired) electrons. The van der Waals surface area contributed by atoms with Crippen LogP contribution in [0.5, 0.6) is 0 Å². The summed E-state index contributed by atoms with van der Waals surface area (Å²) in [6.45, 7) is 3.89. The van der Waals surface area contributed by atoms with Crippen molar-refractivity contribution in [3.8, 4) is 0 Å². The zero-order chi connectivity index (χ0) is 11.7. The molecule has 1 fully saturated rings. The summed E-state index contributed by atoms with van der Waals surface area (Å²) in [5.74, 6) is 1.32. The summed E-state index contributed by atoms with van der Waals surface area (Å²) in [4.78, 5) is 0. The van der Waals surface area contributed by atoms with E-state index in [1.807, 2.05) is 0 Å². The van der Waals surface area contributed by atoms with E-state index in [2.05, 4.69) is 42.2 Å². The number of benzene rings is 1. The first-order valence-electron chi connectivity index (χ1n) is 6.40. The molecule has 1 aromatic carbocycles. The van der Waals surface area contributed by atoms with Crippen LogP contribution in [-0.2, 0) is 18.0 Å². The minimum absolute atomic E-state index is 0.620. The van der Waals surface area contributed by atoms with Gasteiger partial charge in [-0.15, -0.1) is 0 Å². The predicted molar refractivity (Wildman–Crippen MR) is 73.5 cm³/mol. The quantitative estimate of drug-likeness (QED) is 0.868. The highest BCUT2D eigenvalue weighted by atomic mass is 32.2. The van der Waals surface area contributed by atoms with Gasteiger partial charge in [-0.3, -0.25) is 0 Å². The lowest BCUT2D eigenvalue weighted by Crippen LogP contribution is -2.32. The number of anilines is 1. The second kappa shape index (κ2) is 4.91. The van der Waals surface area contributed by atoms with Crippen LogP contribution < -0.4 is 5.32 Å². The van der Waals surface area contributed by atoms with E-state index in [9.17, 15) is 0 Å². The van der Waals surface area contributed by atoms with Crippen molar-refractivity contribution in [2.45, 2.75) is 44.3 Å². The molecule has 0 aromatic heterocycles. The van der Waals surface area contributed by atoms with Crippen LogP contribution in [0.3, 0.4) is 0 Å². The minimum atomic E-state index is 0.620. The summed E-state index contributed by atoms with van der Waals surface area (Å²) in [6.07, 6.45) is 2.63. The fourth-order valence-corrected chi connectivity index (χ4v) is 3.73. The van der Waals surface area contributed by atoms with Gasteiger partial charge in [0.05, 0.1) is 13.2 Å². The Bertz CT molecular complexity index is 407. The molecule has 2 aliphatic heterocycles. The van der Waals surface area contributed by atoms with Crippen LogP contribution in [0.2, 0.25) is 0 Å². The standard InChI is InChI=1S/C14H19NOS/c1-10-14(3-2-6-17-10)15-13-5-4-11-8-16-9-12(11)7-13/h4-5,7,10,14-15H,2-3,6,8-9H2,1H3. The van der Waals surface area contributed by atoms with Gasteiger partial charge < -0.3 is 10.1 Å². The van der Waals surface area contributed by atoms with Crippen molar-refractivity contribution in [2.24, 2.45) is 0 Å². The second-order valence-electron chi connectivity index (χ2n) is 4.95. The number of rotatable bonds is 2. The molecule has 0 saturated carbocycles. The van der Waals surface area contributed by atoms with E-state index in [1.165, 1.54) is 35.4 Å². The molecule has 2 heterocycles. The fourth-order valence-electron chi connectivity index (χ4n) is 2.59. The van der Waals surface area contributed by atoms with Crippen molar-refractivity contribution in [2.75, 3.05) is 11.1 Å². The molecule has 3 heteroatoms. The molecule has 2 unspecified atom stereocenters. The van der Waals surface area contributed by atoms with Crippen molar-refractivity contribution in [3.63, 3.8) is 0 Å². The van der Waals surface area contributed by atoms with Gasteiger partial charge in [0.1, 0.15) is 0 Å². The first kappa shape index (κ1) is 11.4. The van der Waals surface area contributed by atoms with Gasteiger partial charge in [0.15, 0.2) is 0 Å². The van der Waals surface area contributed by atoms with Crippen molar-refractivity contribution < 1.29 is 4.74 Å². The van der Waals surface area contributed by atoms with E-state index in [1.54, 1.807) is 0 Å². The summed E-state index contributed by atoms with van der Waals surface area (Å²) >= 11 is 2.08. The third-order valence-corrected chi connectivity index (χ3v) is 5.06. The van der Waals surface area contributed by atoms with E-state index in [0.29, 0.717) is 11.3 Å². The van der Waals surface area contributed by atoms with Crippen molar-refractivity contribution in [1.29, 1.82) is 0 Å². The number of hydrogen-bond acceptors (Lipinski definition) is 3. The first-order chi connectivity index (χ1) is 8.33. The Labute approximate surface area is 107 Å². The first-order valence-corrected chi connectivity index (χ1v) is 7.45. The highest BCUT2D eigenvalue weighted by Gasteiger charge is 2.22. The maximum atomic E-state index is 5.45. The largest absolute Gasteiger partial charge is 0.381 e. The van der Waals surface area contributed by atoms with Crippen LogP contribution in [0.25, 0.3) is 0 Å².